The number of anilines is 3. The molecule has 1 aromatic carbocycles. The molecule has 1 aliphatic heterocycles. The predicted molar refractivity (Wildman–Crippen MR) is 110 cm³/mol. The Morgan fingerprint density at radius 2 is 2.17 bits per heavy atom. The Morgan fingerprint density at radius 3 is 2.93 bits per heavy atom. The van der Waals surface area contributed by atoms with Gasteiger partial charge in [0.1, 0.15) is 5.82 Å². The average Bonchev–Trinajstić information content (AvgIpc) is 3.31. The van der Waals surface area contributed by atoms with E-state index in [1.165, 1.54) is 0 Å². The van der Waals surface area contributed by atoms with Crippen LogP contribution in [-0.4, -0.2) is 35.7 Å². The van der Waals surface area contributed by atoms with E-state index in [-0.39, 0.29) is 12.1 Å². The summed E-state index contributed by atoms with van der Waals surface area (Å²) in [6.45, 7) is 5.09. The van der Waals surface area contributed by atoms with Crippen molar-refractivity contribution in [1.82, 2.24) is 15.3 Å². The maximum Gasteiger partial charge on any atom is 0.323 e. The highest BCUT2D eigenvalue weighted by molar-refractivity contribution is 5.94. The number of oxazole rings is 1. The van der Waals surface area contributed by atoms with Gasteiger partial charge in [-0.05, 0) is 43.2 Å². The van der Waals surface area contributed by atoms with Crippen molar-refractivity contribution in [3.8, 4) is 11.3 Å². The highest BCUT2D eigenvalue weighted by Gasteiger charge is 2.28. The summed E-state index contributed by atoms with van der Waals surface area (Å²) >= 11 is 0. The van der Waals surface area contributed by atoms with Crippen molar-refractivity contribution in [2.75, 3.05) is 23.9 Å². The summed E-state index contributed by atoms with van der Waals surface area (Å²) in [5, 5.41) is 6.09. The van der Waals surface area contributed by atoms with Gasteiger partial charge in [-0.15, -0.1) is 0 Å². The molecule has 1 fully saturated rings. The standard InChI is InChI=1S/C21H23N5O3/c1-13-4-5-15(12-28-3)8-17(13)25-20-23-10-18(29-20)16-6-7-22-19(9-16)26-11-14(2)24-21(26)27/h4-10,14H,11-12H2,1-3H3,(H,23,25)(H,24,27). The number of methoxy groups -OCH3 is 1. The van der Waals surface area contributed by atoms with Gasteiger partial charge in [0, 0.05) is 37.1 Å². The Kier molecular flexibility index (Phi) is 5.18. The van der Waals surface area contributed by atoms with Crippen molar-refractivity contribution in [1.29, 1.82) is 0 Å². The Hall–Kier alpha value is -3.39. The molecule has 1 unspecified atom stereocenters. The Balaban J connectivity index is 1.55. The van der Waals surface area contributed by atoms with Gasteiger partial charge in [0.05, 0.1) is 12.8 Å². The number of nitrogens with one attached hydrogen (secondary N) is 2. The van der Waals surface area contributed by atoms with E-state index in [4.69, 9.17) is 9.15 Å². The molecule has 29 heavy (non-hydrogen) atoms. The molecule has 2 N–H and O–H groups in total. The monoisotopic (exact) mass is 393 g/mol. The molecule has 8 heteroatoms. The minimum Gasteiger partial charge on any atom is -0.423 e. The quantitative estimate of drug-likeness (QED) is 0.661. The second-order valence-corrected chi connectivity index (χ2v) is 7.10. The lowest BCUT2D eigenvalue weighted by Gasteiger charge is -2.13. The van der Waals surface area contributed by atoms with E-state index >= 15 is 0 Å². The van der Waals surface area contributed by atoms with Crippen molar-refractivity contribution < 1.29 is 13.9 Å². The van der Waals surface area contributed by atoms with Crippen LogP contribution in [0.2, 0.25) is 0 Å². The number of hydrogen-bond acceptors (Lipinski definition) is 6. The number of carbonyl (C=O) groups is 1. The zero-order chi connectivity index (χ0) is 20.4. The number of hydrogen-bond donors (Lipinski definition) is 2. The molecule has 1 saturated heterocycles. The summed E-state index contributed by atoms with van der Waals surface area (Å²) in [4.78, 5) is 22.3. The molecule has 4 rings (SSSR count). The molecular formula is C21H23N5O3. The molecule has 0 radical (unpaired) electrons. The maximum absolute atomic E-state index is 12.1. The molecule has 0 spiro atoms. The van der Waals surface area contributed by atoms with Crippen LogP contribution >= 0.6 is 0 Å². The van der Waals surface area contributed by atoms with Crippen molar-refractivity contribution >= 4 is 23.6 Å². The number of urea groups is 1. The minimum atomic E-state index is -0.145. The molecule has 3 aromatic rings. The van der Waals surface area contributed by atoms with Gasteiger partial charge in [0.25, 0.3) is 6.01 Å². The molecule has 2 amide bonds. The Morgan fingerprint density at radius 1 is 1.31 bits per heavy atom. The molecule has 1 aliphatic rings. The van der Waals surface area contributed by atoms with Gasteiger partial charge in [0.15, 0.2) is 5.76 Å². The highest BCUT2D eigenvalue weighted by Crippen LogP contribution is 2.28. The van der Waals surface area contributed by atoms with E-state index in [1.54, 1.807) is 24.4 Å². The Labute approximate surface area is 168 Å². The van der Waals surface area contributed by atoms with Crippen LogP contribution in [0.5, 0.6) is 0 Å². The zero-order valence-corrected chi connectivity index (χ0v) is 16.6. The first kappa shape index (κ1) is 18.9. The van der Waals surface area contributed by atoms with Gasteiger partial charge in [-0.2, -0.15) is 0 Å². The number of nitrogens with zero attached hydrogens (tertiary/aromatic N) is 3. The fourth-order valence-electron chi connectivity index (χ4n) is 3.25. The van der Waals surface area contributed by atoms with Crippen LogP contribution in [0.3, 0.4) is 0 Å². The molecular weight excluding hydrogens is 370 g/mol. The fraction of sp³-hybridized carbons (Fsp3) is 0.286. The first-order chi connectivity index (χ1) is 14.0. The number of carbonyl (C=O) groups excluding carboxylic acids is 1. The van der Waals surface area contributed by atoms with Crippen molar-refractivity contribution in [2.45, 2.75) is 26.5 Å². The number of aromatic nitrogens is 2. The summed E-state index contributed by atoms with van der Waals surface area (Å²) < 4.78 is 11.1. The van der Waals surface area contributed by atoms with E-state index < -0.39 is 0 Å². The van der Waals surface area contributed by atoms with Crippen LogP contribution in [0.15, 0.2) is 47.1 Å². The fourth-order valence-corrected chi connectivity index (χ4v) is 3.25. The molecule has 0 bridgehead atoms. The van der Waals surface area contributed by atoms with E-state index in [2.05, 4.69) is 20.6 Å². The van der Waals surface area contributed by atoms with Crippen LogP contribution in [0.25, 0.3) is 11.3 Å². The molecule has 3 heterocycles. The molecule has 8 nitrogen and oxygen atoms in total. The van der Waals surface area contributed by atoms with Gasteiger partial charge in [-0.25, -0.2) is 14.8 Å². The number of ether oxygens (including phenoxy) is 1. The number of benzene rings is 1. The van der Waals surface area contributed by atoms with Crippen LogP contribution in [0.4, 0.5) is 22.3 Å². The smallest absolute Gasteiger partial charge is 0.323 e. The van der Waals surface area contributed by atoms with E-state index in [0.717, 1.165) is 22.4 Å². The summed E-state index contributed by atoms with van der Waals surface area (Å²) in [5.41, 5.74) is 3.84. The van der Waals surface area contributed by atoms with Gasteiger partial charge < -0.3 is 19.8 Å². The van der Waals surface area contributed by atoms with Crippen LogP contribution in [0.1, 0.15) is 18.1 Å². The second kappa shape index (κ2) is 7.92. The lowest BCUT2D eigenvalue weighted by atomic mass is 10.1. The summed E-state index contributed by atoms with van der Waals surface area (Å²) in [6, 6.07) is 10.1. The lowest BCUT2D eigenvalue weighted by Crippen LogP contribution is -2.28. The van der Waals surface area contributed by atoms with Crippen LogP contribution < -0.4 is 15.5 Å². The number of amides is 2. The molecule has 0 saturated carbocycles. The summed E-state index contributed by atoms with van der Waals surface area (Å²) in [7, 11) is 1.67. The lowest BCUT2D eigenvalue weighted by molar-refractivity contribution is 0.185. The van der Waals surface area contributed by atoms with E-state index in [0.29, 0.717) is 30.7 Å². The van der Waals surface area contributed by atoms with Crippen molar-refractivity contribution in [3.63, 3.8) is 0 Å². The first-order valence-corrected chi connectivity index (χ1v) is 9.39. The summed E-state index contributed by atoms with van der Waals surface area (Å²) in [6.07, 6.45) is 3.32. The number of rotatable bonds is 6. The van der Waals surface area contributed by atoms with Gasteiger partial charge in [-0.3, -0.25) is 4.90 Å². The molecule has 1 atom stereocenters. The van der Waals surface area contributed by atoms with Crippen LogP contribution in [0, 0.1) is 6.92 Å². The van der Waals surface area contributed by atoms with E-state index in [9.17, 15) is 4.79 Å². The number of aryl methyl sites for hydroxylation is 1. The normalized spacial score (nSPS) is 16.2. The van der Waals surface area contributed by atoms with Gasteiger partial charge in [-0.1, -0.05) is 12.1 Å². The highest BCUT2D eigenvalue weighted by atomic mass is 16.5. The third kappa shape index (κ3) is 4.07. The third-order valence-electron chi connectivity index (χ3n) is 4.74. The first-order valence-electron chi connectivity index (χ1n) is 9.39. The molecule has 150 valence electrons. The molecule has 2 aromatic heterocycles. The average molecular weight is 393 g/mol. The summed E-state index contributed by atoms with van der Waals surface area (Å²) in [5.74, 6) is 1.17. The zero-order valence-electron chi connectivity index (χ0n) is 16.6. The molecule has 0 aliphatic carbocycles. The Bertz CT molecular complexity index is 1030. The van der Waals surface area contributed by atoms with Crippen molar-refractivity contribution in [3.05, 3.63) is 53.9 Å². The SMILES string of the molecule is COCc1ccc(C)c(Nc2ncc(-c3ccnc(N4CC(C)NC4=O)c3)o2)c1. The maximum atomic E-state index is 12.1. The number of pyridine rings is 1. The van der Waals surface area contributed by atoms with Crippen LogP contribution in [-0.2, 0) is 11.3 Å². The third-order valence-corrected chi connectivity index (χ3v) is 4.74. The second-order valence-electron chi connectivity index (χ2n) is 7.10. The largest absolute Gasteiger partial charge is 0.423 e. The van der Waals surface area contributed by atoms with Gasteiger partial charge >= 0.3 is 6.03 Å². The van der Waals surface area contributed by atoms with Crippen molar-refractivity contribution in [2.24, 2.45) is 0 Å². The van der Waals surface area contributed by atoms with Gasteiger partial charge in [0.2, 0.25) is 0 Å². The minimum absolute atomic E-state index is 0.0890. The predicted octanol–water partition coefficient (Wildman–Crippen LogP) is 3.85. The van der Waals surface area contributed by atoms with E-state index in [1.807, 2.05) is 44.2 Å². The topological polar surface area (TPSA) is 92.5 Å².